The Hall–Kier alpha value is -3.17. The number of amides is 2. The van der Waals surface area contributed by atoms with Gasteiger partial charge in [-0.05, 0) is 68.2 Å². The fraction of sp³-hybridized carbons (Fsp3) is 0.500. The number of piperidine rings is 1. The largest absolute Gasteiger partial charge is 0.444 e. The molecular formula is C26H27BrClF3N6O5. The standard InChI is InChI=1S/C26H27BrClF3N6O5/c1-13-10-25(7-8-35(13)23(40)42-24(2,3)4)19-17(12-41-25)36(22-33-21(27)34-37(22)20(19)39)11-18(38)32-16-6-5-14(9-15(16)28)26(29,30)31/h5-6,9,13H,7-8,10-12H2,1-4H3,(H,32,38)/t13-,25+/m0/s1. The van der Waals surface area contributed by atoms with Crippen LogP contribution in [-0.2, 0) is 39.2 Å². The maximum Gasteiger partial charge on any atom is 0.416 e. The molecule has 2 aliphatic rings. The summed E-state index contributed by atoms with van der Waals surface area (Å²) in [5.41, 5.74) is -2.42. The maximum absolute atomic E-state index is 13.7. The van der Waals surface area contributed by atoms with Crippen LogP contribution in [0.4, 0.5) is 23.7 Å². The molecule has 11 nitrogen and oxygen atoms in total. The smallest absolute Gasteiger partial charge is 0.416 e. The first kappa shape index (κ1) is 30.3. The van der Waals surface area contributed by atoms with E-state index in [9.17, 15) is 27.6 Å². The highest BCUT2D eigenvalue weighted by molar-refractivity contribution is 9.10. The molecule has 226 valence electrons. The van der Waals surface area contributed by atoms with Gasteiger partial charge >= 0.3 is 12.3 Å². The molecule has 2 aliphatic heterocycles. The zero-order valence-corrected chi connectivity index (χ0v) is 25.4. The Morgan fingerprint density at radius 2 is 2.00 bits per heavy atom. The summed E-state index contributed by atoms with van der Waals surface area (Å²) in [6, 6.07) is 2.27. The Bertz CT molecular complexity index is 1650. The second-order valence-electron chi connectivity index (χ2n) is 11.3. The number of rotatable bonds is 3. The van der Waals surface area contributed by atoms with Crippen molar-refractivity contribution in [2.24, 2.45) is 0 Å². The van der Waals surface area contributed by atoms with Gasteiger partial charge in [-0.3, -0.25) is 9.59 Å². The minimum Gasteiger partial charge on any atom is -0.444 e. The average molecular weight is 676 g/mol. The quantitative estimate of drug-likeness (QED) is 0.410. The summed E-state index contributed by atoms with van der Waals surface area (Å²) in [6.07, 6.45) is -4.46. The van der Waals surface area contributed by atoms with Crippen LogP contribution < -0.4 is 10.9 Å². The first-order chi connectivity index (χ1) is 19.5. The minimum absolute atomic E-state index is 0.0120. The van der Waals surface area contributed by atoms with E-state index >= 15 is 0 Å². The molecular weight excluding hydrogens is 649 g/mol. The molecule has 1 fully saturated rings. The summed E-state index contributed by atoms with van der Waals surface area (Å²) >= 11 is 9.21. The molecule has 42 heavy (non-hydrogen) atoms. The molecule has 0 saturated carbocycles. The normalized spacial score (nSPS) is 20.7. The highest BCUT2D eigenvalue weighted by Crippen LogP contribution is 2.45. The number of carbonyl (C=O) groups excluding carboxylic acids is 2. The van der Waals surface area contributed by atoms with Crippen molar-refractivity contribution in [2.45, 2.75) is 77.1 Å². The van der Waals surface area contributed by atoms with Crippen molar-refractivity contribution >= 4 is 51.0 Å². The third-order valence-corrected chi connectivity index (χ3v) is 7.83. The molecule has 2 atom stereocenters. The fourth-order valence-corrected chi connectivity index (χ4v) is 5.96. The number of carbonyl (C=O) groups is 2. The summed E-state index contributed by atoms with van der Waals surface area (Å²) in [5.74, 6) is -0.559. The number of halogens is 5. The molecule has 2 aromatic heterocycles. The number of nitrogens with one attached hydrogen (secondary N) is 1. The Balaban J connectivity index is 1.47. The number of aromatic nitrogens is 4. The van der Waals surface area contributed by atoms with Gasteiger partial charge in [0.1, 0.15) is 17.7 Å². The van der Waals surface area contributed by atoms with Crippen molar-refractivity contribution < 1.29 is 32.2 Å². The van der Waals surface area contributed by atoms with Gasteiger partial charge in [-0.2, -0.15) is 22.7 Å². The molecule has 1 spiro atoms. The maximum atomic E-state index is 13.7. The fourth-order valence-electron chi connectivity index (χ4n) is 5.42. The van der Waals surface area contributed by atoms with Crippen molar-refractivity contribution in [1.82, 2.24) is 24.1 Å². The van der Waals surface area contributed by atoms with E-state index in [1.54, 1.807) is 25.7 Å². The van der Waals surface area contributed by atoms with Crippen LogP contribution in [0.15, 0.2) is 27.7 Å². The average Bonchev–Trinajstić information content (AvgIpc) is 3.42. The van der Waals surface area contributed by atoms with Crippen LogP contribution in [0.1, 0.15) is 57.4 Å². The number of ether oxygens (including phenoxy) is 2. The van der Waals surface area contributed by atoms with E-state index in [4.69, 9.17) is 21.1 Å². The predicted molar refractivity (Wildman–Crippen MR) is 148 cm³/mol. The molecule has 16 heteroatoms. The lowest BCUT2D eigenvalue weighted by Crippen LogP contribution is -2.52. The monoisotopic (exact) mass is 674 g/mol. The number of hydrogen-bond acceptors (Lipinski definition) is 7. The van der Waals surface area contributed by atoms with E-state index in [0.29, 0.717) is 24.1 Å². The molecule has 0 aliphatic carbocycles. The Morgan fingerprint density at radius 1 is 1.29 bits per heavy atom. The number of anilines is 1. The predicted octanol–water partition coefficient (Wildman–Crippen LogP) is 5.11. The van der Waals surface area contributed by atoms with Crippen LogP contribution in [0.2, 0.25) is 5.02 Å². The van der Waals surface area contributed by atoms with Gasteiger partial charge in [0, 0.05) is 19.0 Å². The van der Waals surface area contributed by atoms with E-state index in [2.05, 4.69) is 31.3 Å². The van der Waals surface area contributed by atoms with Crippen LogP contribution in [0.3, 0.4) is 0 Å². The van der Waals surface area contributed by atoms with Crippen molar-refractivity contribution in [2.75, 3.05) is 11.9 Å². The van der Waals surface area contributed by atoms with E-state index in [-0.39, 0.29) is 47.0 Å². The van der Waals surface area contributed by atoms with Gasteiger partial charge in [-0.25, -0.2) is 4.79 Å². The van der Waals surface area contributed by atoms with E-state index in [1.165, 1.54) is 4.57 Å². The molecule has 0 bridgehead atoms. The zero-order chi connectivity index (χ0) is 30.8. The van der Waals surface area contributed by atoms with Crippen LogP contribution in [0, 0.1) is 0 Å². The molecule has 5 rings (SSSR count). The highest BCUT2D eigenvalue weighted by atomic mass is 79.9. The number of fused-ring (bicyclic) bond motifs is 3. The number of benzene rings is 1. The second-order valence-corrected chi connectivity index (χ2v) is 12.4. The summed E-state index contributed by atoms with van der Waals surface area (Å²) in [7, 11) is 0. The van der Waals surface area contributed by atoms with Gasteiger partial charge in [0.25, 0.3) is 5.56 Å². The molecule has 4 heterocycles. The number of likely N-dealkylation sites (tertiary alicyclic amines) is 1. The topological polar surface area (TPSA) is 120 Å². The van der Waals surface area contributed by atoms with Gasteiger partial charge < -0.3 is 24.3 Å². The minimum atomic E-state index is -4.59. The molecule has 1 saturated heterocycles. The Kier molecular flexibility index (Phi) is 7.59. The number of hydrogen-bond donors (Lipinski definition) is 1. The summed E-state index contributed by atoms with van der Waals surface area (Å²) in [6.45, 7) is 7.07. The SMILES string of the molecule is C[C@H]1C[C@@]2(CCN1C(=O)OC(C)(C)C)OCc1c2c(=O)n2nc(Br)nc2n1CC(=O)Nc1ccc(C(F)(F)F)cc1Cl. The van der Waals surface area contributed by atoms with E-state index in [0.717, 1.165) is 22.7 Å². The summed E-state index contributed by atoms with van der Waals surface area (Å²) in [5, 5.41) is 6.40. The lowest BCUT2D eigenvalue weighted by atomic mass is 9.82. The van der Waals surface area contributed by atoms with Crippen molar-refractivity contribution in [3.63, 3.8) is 0 Å². The van der Waals surface area contributed by atoms with Gasteiger partial charge in [-0.1, -0.05) is 11.6 Å². The molecule has 1 aromatic carbocycles. The van der Waals surface area contributed by atoms with Crippen molar-refractivity contribution in [3.05, 3.63) is 55.1 Å². The summed E-state index contributed by atoms with van der Waals surface area (Å²) < 4.78 is 53.6. The van der Waals surface area contributed by atoms with Crippen LogP contribution >= 0.6 is 27.5 Å². The van der Waals surface area contributed by atoms with Crippen LogP contribution in [0.5, 0.6) is 0 Å². The summed E-state index contributed by atoms with van der Waals surface area (Å²) in [4.78, 5) is 45.5. The first-order valence-electron chi connectivity index (χ1n) is 13.0. The zero-order valence-electron chi connectivity index (χ0n) is 23.0. The molecule has 2 amide bonds. The number of nitrogens with zero attached hydrogens (tertiary/aromatic N) is 5. The van der Waals surface area contributed by atoms with Crippen LogP contribution in [-0.4, -0.2) is 54.3 Å². The van der Waals surface area contributed by atoms with Gasteiger partial charge in [0.15, 0.2) is 0 Å². The van der Waals surface area contributed by atoms with Crippen LogP contribution in [0.25, 0.3) is 5.78 Å². The first-order valence-corrected chi connectivity index (χ1v) is 14.1. The lowest BCUT2D eigenvalue weighted by Gasteiger charge is -2.43. The van der Waals surface area contributed by atoms with Gasteiger partial charge in [0.2, 0.25) is 16.4 Å². The Labute approximate surface area is 251 Å². The third-order valence-electron chi connectivity index (χ3n) is 7.18. The van der Waals surface area contributed by atoms with Crippen molar-refractivity contribution in [1.29, 1.82) is 0 Å². The van der Waals surface area contributed by atoms with E-state index in [1.807, 2.05) is 6.92 Å². The number of alkyl halides is 3. The van der Waals surface area contributed by atoms with Crippen molar-refractivity contribution in [3.8, 4) is 0 Å². The molecule has 1 N–H and O–H groups in total. The van der Waals surface area contributed by atoms with Gasteiger partial charge in [-0.15, -0.1) is 5.10 Å². The second kappa shape index (κ2) is 10.5. The Morgan fingerprint density at radius 3 is 2.62 bits per heavy atom. The lowest BCUT2D eigenvalue weighted by molar-refractivity contribution is -0.137. The van der Waals surface area contributed by atoms with Gasteiger partial charge in [0.05, 0.1) is 34.1 Å². The molecule has 0 radical (unpaired) electrons. The molecule has 0 unspecified atom stereocenters. The van der Waals surface area contributed by atoms with E-state index < -0.39 is 40.5 Å². The third kappa shape index (κ3) is 5.61. The highest BCUT2D eigenvalue weighted by Gasteiger charge is 2.50. The molecule has 3 aromatic rings.